The van der Waals surface area contributed by atoms with Gasteiger partial charge in [-0.2, -0.15) is 13.2 Å². The number of hydrogen-bond acceptors (Lipinski definition) is 6. The minimum atomic E-state index is -4.38. The zero-order valence-corrected chi connectivity index (χ0v) is 18.2. The first kappa shape index (κ1) is 21.8. The molecule has 4 aromatic rings. The van der Waals surface area contributed by atoms with Crippen LogP contribution in [0, 0.1) is 6.92 Å². The third kappa shape index (κ3) is 4.42. The smallest absolute Gasteiger partial charge is 0.343 e. The SMILES string of the molecule is Cc1nc(Nc2ccc(C(F)(F)F)cc2)sc1C(C)NC(=O)c1cc2c(cn1)ncn2C. The summed E-state index contributed by atoms with van der Waals surface area (Å²) in [4.78, 5) is 26.3. The van der Waals surface area contributed by atoms with Crippen LogP contribution in [-0.4, -0.2) is 25.4 Å². The summed E-state index contributed by atoms with van der Waals surface area (Å²) in [6, 6.07) is 6.07. The summed E-state index contributed by atoms with van der Waals surface area (Å²) in [5, 5.41) is 6.45. The highest BCUT2D eigenvalue weighted by molar-refractivity contribution is 7.15. The summed E-state index contributed by atoms with van der Waals surface area (Å²) in [6.45, 7) is 3.65. The lowest BCUT2D eigenvalue weighted by Crippen LogP contribution is -2.27. The van der Waals surface area contributed by atoms with Gasteiger partial charge in [-0.3, -0.25) is 4.79 Å². The fraction of sp³-hybridized carbons (Fsp3) is 0.238. The molecule has 0 aliphatic rings. The molecule has 1 atom stereocenters. The first-order chi connectivity index (χ1) is 15.1. The van der Waals surface area contributed by atoms with Crippen LogP contribution in [0.4, 0.5) is 24.0 Å². The number of imidazole rings is 1. The van der Waals surface area contributed by atoms with Crippen LogP contribution < -0.4 is 10.6 Å². The molecular weight excluding hydrogens is 441 g/mol. The van der Waals surface area contributed by atoms with Crippen LogP contribution in [0.25, 0.3) is 11.0 Å². The molecule has 11 heteroatoms. The van der Waals surface area contributed by atoms with Gasteiger partial charge in [-0.15, -0.1) is 0 Å². The number of fused-ring (bicyclic) bond motifs is 1. The van der Waals surface area contributed by atoms with Crippen molar-refractivity contribution in [2.75, 3.05) is 5.32 Å². The van der Waals surface area contributed by atoms with Gasteiger partial charge in [-0.25, -0.2) is 15.0 Å². The van der Waals surface area contributed by atoms with Crippen molar-refractivity contribution in [3.05, 3.63) is 64.7 Å². The first-order valence-electron chi connectivity index (χ1n) is 9.61. The summed E-state index contributed by atoms with van der Waals surface area (Å²) in [7, 11) is 1.84. The van der Waals surface area contributed by atoms with Gasteiger partial charge in [0.15, 0.2) is 5.13 Å². The Balaban J connectivity index is 1.46. The molecule has 1 amide bonds. The van der Waals surface area contributed by atoms with Crippen molar-refractivity contribution in [2.45, 2.75) is 26.1 Å². The number of pyridine rings is 1. The number of nitrogens with one attached hydrogen (secondary N) is 2. The minimum absolute atomic E-state index is 0.276. The van der Waals surface area contributed by atoms with Crippen molar-refractivity contribution in [1.82, 2.24) is 24.8 Å². The fourth-order valence-corrected chi connectivity index (χ4v) is 4.21. The van der Waals surface area contributed by atoms with Gasteiger partial charge in [0.05, 0.1) is 40.2 Å². The molecule has 0 bridgehead atoms. The minimum Gasteiger partial charge on any atom is -0.343 e. The van der Waals surface area contributed by atoms with Gasteiger partial charge in [0.1, 0.15) is 11.2 Å². The number of carbonyl (C=O) groups is 1. The van der Waals surface area contributed by atoms with E-state index < -0.39 is 11.7 Å². The second-order valence-corrected chi connectivity index (χ2v) is 8.31. The molecule has 166 valence electrons. The maximum atomic E-state index is 12.7. The second-order valence-electron chi connectivity index (χ2n) is 7.28. The van der Waals surface area contributed by atoms with Crippen molar-refractivity contribution < 1.29 is 18.0 Å². The number of hydrogen-bond donors (Lipinski definition) is 2. The predicted molar refractivity (Wildman–Crippen MR) is 116 cm³/mol. The van der Waals surface area contributed by atoms with Crippen molar-refractivity contribution in [1.29, 1.82) is 0 Å². The van der Waals surface area contributed by atoms with E-state index in [4.69, 9.17) is 0 Å². The summed E-state index contributed by atoms with van der Waals surface area (Å²) < 4.78 is 40.0. The van der Waals surface area contributed by atoms with E-state index in [9.17, 15) is 18.0 Å². The van der Waals surface area contributed by atoms with Crippen LogP contribution in [0.3, 0.4) is 0 Å². The average molecular weight is 460 g/mol. The first-order valence-corrected chi connectivity index (χ1v) is 10.4. The zero-order chi connectivity index (χ0) is 23.0. The van der Waals surface area contributed by atoms with Crippen LogP contribution in [0.15, 0.2) is 42.9 Å². The largest absolute Gasteiger partial charge is 0.416 e. The molecule has 0 spiro atoms. The van der Waals surface area contributed by atoms with E-state index in [-0.39, 0.29) is 17.6 Å². The molecular formula is C21H19F3N6OS. The van der Waals surface area contributed by atoms with E-state index in [0.29, 0.717) is 22.0 Å². The molecule has 7 nitrogen and oxygen atoms in total. The van der Waals surface area contributed by atoms with E-state index in [1.54, 1.807) is 18.6 Å². The van der Waals surface area contributed by atoms with E-state index in [1.807, 2.05) is 25.5 Å². The predicted octanol–water partition coefficient (Wildman–Crippen LogP) is 4.99. The third-order valence-corrected chi connectivity index (χ3v) is 6.14. The van der Waals surface area contributed by atoms with Gasteiger partial charge < -0.3 is 15.2 Å². The number of alkyl halides is 3. The van der Waals surface area contributed by atoms with Crippen molar-refractivity contribution >= 4 is 39.1 Å². The van der Waals surface area contributed by atoms with Gasteiger partial charge in [-0.05, 0) is 44.2 Å². The van der Waals surface area contributed by atoms with Crippen LogP contribution in [0.1, 0.15) is 39.6 Å². The number of thiazole rings is 1. The number of aromatic nitrogens is 4. The molecule has 3 aromatic heterocycles. The van der Waals surface area contributed by atoms with E-state index >= 15 is 0 Å². The monoisotopic (exact) mass is 460 g/mol. The lowest BCUT2D eigenvalue weighted by atomic mass is 10.2. The quantitative estimate of drug-likeness (QED) is 0.439. The summed E-state index contributed by atoms with van der Waals surface area (Å²) in [6.07, 6.45) is -1.17. The molecule has 3 heterocycles. The third-order valence-electron chi connectivity index (χ3n) is 4.88. The van der Waals surface area contributed by atoms with Crippen molar-refractivity contribution in [2.24, 2.45) is 7.05 Å². The van der Waals surface area contributed by atoms with Crippen LogP contribution >= 0.6 is 11.3 Å². The molecule has 1 unspecified atom stereocenters. The van der Waals surface area contributed by atoms with Crippen molar-refractivity contribution in [3.63, 3.8) is 0 Å². The van der Waals surface area contributed by atoms with E-state index in [0.717, 1.165) is 22.5 Å². The molecule has 4 rings (SSSR count). The Morgan fingerprint density at radius 2 is 1.91 bits per heavy atom. The van der Waals surface area contributed by atoms with Crippen LogP contribution in [0.2, 0.25) is 0 Å². The standard InChI is InChI=1S/C21H19F3N6OS/c1-11(27-19(31)15-8-17-16(9-25-15)26-10-30(17)3)18-12(2)28-20(32-18)29-14-6-4-13(5-7-14)21(22,23)24/h4-11H,1-3H3,(H,27,31)(H,28,29). The Labute approximate surface area is 185 Å². The lowest BCUT2D eigenvalue weighted by molar-refractivity contribution is -0.137. The van der Waals surface area contributed by atoms with Gasteiger partial charge in [-0.1, -0.05) is 11.3 Å². The van der Waals surface area contributed by atoms with E-state index in [1.165, 1.54) is 23.5 Å². The molecule has 1 aromatic carbocycles. The Hall–Kier alpha value is -3.47. The number of halogens is 3. The molecule has 0 aliphatic carbocycles. The molecule has 32 heavy (non-hydrogen) atoms. The molecule has 0 saturated heterocycles. The highest BCUT2D eigenvalue weighted by Crippen LogP contribution is 2.33. The number of benzene rings is 1. The van der Waals surface area contributed by atoms with Gasteiger partial charge in [0.25, 0.3) is 5.91 Å². The van der Waals surface area contributed by atoms with Gasteiger partial charge in [0.2, 0.25) is 0 Å². The Morgan fingerprint density at radius 3 is 2.59 bits per heavy atom. The van der Waals surface area contributed by atoms with Crippen LogP contribution in [0.5, 0.6) is 0 Å². The lowest BCUT2D eigenvalue weighted by Gasteiger charge is -2.12. The number of aryl methyl sites for hydroxylation is 2. The summed E-state index contributed by atoms with van der Waals surface area (Å²) >= 11 is 1.32. The number of nitrogens with zero attached hydrogens (tertiary/aromatic N) is 4. The van der Waals surface area contributed by atoms with Gasteiger partial charge >= 0.3 is 6.18 Å². The molecule has 0 radical (unpaired) electrons. The molecule has 2 N–H and O–H groups in total. The average Bonchev–Trinajstić information content (AvgIpc) is 3.29. The summed E-state index contributed by atoms with van der Waals surface area (Å²) in [5.41, 5.74) is 2.27. The Morgan fingerprint density at radius 1 is 1.19 bits per heavy atom. The maximum Gasteiger partial charge on any atom is 0.416 e. The van der Waals surface area contributed by atoms with Crippen molar-refractivity contribution in [3.8, 4) is 0 Å². The topological polar surface area (TPSA) is 84.7 Å². The maximum absolute atomic E-state index is 12.7. The molecule has 0 saturated carbocycles. The highest BCUT2D eigenvalue weighted by atomic mass is 32.1. The van der Waals surface area contributed by atoms with E-state index in [2.05, 4.69) is 25.6 Å². The molecule has 0 fully saturated rings. The number of rotatable bonds is 5. The van der Waals surface area contributed by atoms with Gasteiger partial charge in [0, 0.05) is 12.7 Å². The Kier molecular flexibility index (Phi) is 5.59. The number of anilines is 2. The number of carbonyl (C=O) groups excluding carboxylic acids is 1. The highest BCUT2D eigenvalue weighted by Gasteiger charge is 2.30. The zero-order valence-electron chi connectivity index (χ0n) is 17.4. The fourth-order valence-electron chi connectivity index (χ4n) is 3.22. The Bertz CT molecular complexity index is 1280. The molecule has 0 aliphatic heterocycles. The van der Waals surface area contributed by atoms with Crippen LogP contribution in [-0.2, 0) is 13.2 Å². The normalized spacial score (nSPS) is 12.7. The second kappa shape index (κ2) is 8.23. The summed E-state index contributed by atoms with van der Waals surface area (Å²) in [5.74, 6) is -0.328. The number of amides is 1.